The van der Waals surface area contributed by atoms with E-state index in [1.54, 1.807) is 0 Å². The van der Waals surface area contributed by atoms with Crippen molar-refractivity contribution in [1.82, 2.24) is 10.0 Å². The van der Waals surface area contributed by atoms with Crippen LogP contribution in [0.5, 0.6) is 0 Å². The van der Waals surface area contributed by atoms with Crippen LogP contribution in [0.3, 0.4) is 0 Å². The van der Waals surface area contributed by atoms with Crippen LogP contribution in [0.25, 0.3) is 0 Å². The monoisotopic (exact) mass is 374 g/mol. The van der Waals surface area contributed by atoms with Crippen LogP contribution in [0.4, 0.5) is 0 Å². The van der Waals surface area contributed by atoms with E-state index in [9.17, 15) is 13.2 Å². The molecule has 0 radical (unpaired) electrons. The second-order valence-electron chi connectivity index (χ2n) is 7.77. The number of carbonyl (C=O) groups excluding carboxylic acids is 1. The molecule has 1 rings (SSSR count). The molecule has 2 N–H and O–H groups in total. The number of rotatable bonds is 7. The van der Waals surface area contributed by atoms with Gasteiger partial charge in [-0.25, -0.2) is 13.1 Å². The van der Waals surface area contributed by atoms with Gasteiger partial charge in [0.25, 0.3) is 0 Å². The maximum absolute atomic E-state index is 12.1. The lowest BCUT2D eigenvalue weighted by atomic mass is 9.82. The smallest absolute Gasteiger partial charge is 0.240 e. The van der Waals surface area contributed by atoms with Gasteiger partial charge < -0.3 is 5.32 Å². The summed E-state index contributed by atoms with van der Waals surface area (Å²) < 4.78 is 26.7. The molecule has 0 aliphatic heterocycles. The summed E-state index contributed by atoms with van der Waals surface area (Å²) >= 11 is 5.75. The van der Waals surface area contributed by atoms with Crippen molar-refractivity contribution in [2.75, 3.05) is 6.54 Å². The van der Waals surface area contributed by atoms with Gasteiger partial charge in [-0.2, -0.15) is 0 Å². The minimum absolute atomic E-state index is 0.0440. The van der Waals surface area contributed by atoms with Crippen LogP contribution in [-0.2, 0) is 14.8 Å². The Hall–Kier alpha value is -1.11. The van der Waals surface area contributed by atoms with Crippen molar-refractivity contribution >= 4 is 27.5 Å². The molecule has 0 fully saturated rings. The molecule has 0 unspecified atom stereocenters. The van der Waals surface area contributed by atoms with Crippen molar-refractivity contribution in [2.45, 2.75) is 57.9 Å². The molecule has 0 saturated heterocycles. The summed E-state index contributed by atoms with van der Waals surface area (Å²) in [5, 5.41) is 3.42. The van der Waals surface area contributed by atoms with Crippen LogP contribution in [0.2, 0.25) is 5.02 Å². The van der Waals surface area contributed by atoms with Crippen molar-refractivity contribution in [3.05, 3.63) is 29.3 Å². The number of nitrogens with one attached hydrogen (secondary N) is 2. The van der Waals surface area contributed by atoms with E-state index in [2.05, 4.69) is 30.8 Å². The van der Waals surface area contributed by atoms with Gasteiger partial charge in [0.2, 0.25) is 15.9 Å². The van der Waals surface area contributed by atoms with E-state index in [-0.39, 0.29) is 34.7 Å². The third kappa shape index (κ3) is 7.64. The minimum Gasteiger partial charge on any atom is -0.351 e. The maximum atomic E-state index is 12.1. The van der Waals surface area contributed by atoms with E-state index in [0.717, 1.165) is 6.42 Å². The first kappa shape index (κ1) is 20.9. The Labute approximate surface area is 150 Å². The third-order valence-electron chi connectivity index (χ3n) is 3.22. The summed E-state index contributed by atoms with van der Waals surface area (Å²) in [5.74, 6) is -0.178. The SMILES string of the molecule is CC(C)(C)CC(C)(C)NC(=O)CCNS(=O)(=O)c1ccc(Cl)cc1. The first-order valence-corrected chi connectivity index (χ1v) is 9.73. The number of hydrogen-bond acceptors (Lipinski definition) is 3. The summed E-state index contributed by atoms with van der Waals surface area (Å²) in [6, 6.07) is 5.88. The van der Waals surface area contributed by atoms with Crippen LogP contribution < -0.4 is 10.0 Å². The van der Waals surface area contributed by atoms with Crippen molar-refractivity contribution in [3.8, 4) is 0 Å². The number of amides is 1. The molecule has 5 nitrogen and oxygen atoms in total. The zero-order valence-corrected chi connectivity index (χ0v) is 16.5. The molecular weight excluding hydrogens is 348 g/mol. The molecule has 0 aliphatic rings. The second kappa shape index (κ2) is 7.85. The molecular formula is C17H27ClN2O3S. The Bertz CT molecular complexity index is 662. The highest BCUT2D eigenvalue weighted by atomic mass is 35.5. The van der Waals surface area contributed by atoms with Gasteiger partial charge in [0.15, 0.2) is 0 Å². The van der Waals surface area contributed by atoms with E-state index >= 15 is 0 Å². The highest BCUT2D eigenvalue weighted by Crippen LogP contribution is 2.26. The van der Waals surface area contributed by atoms with Gasteiger partial charge in [-0.05, 0) is 49.9 Å². The second-order valence-corrected chi connectivity index (χ2v) is 9.97. The number of sulfonamides is 1. The lowest BCUT2D eigenvalue weighted by Crippen LogP contribution is -2.46. The third-order valence-corrected chi connectivity index (χ3v) is 4.95. The average molecular weight is 375 g/mol. The van der Waals surface area contributed by atoms with Gasteiger partial charge in [0, 0.05) is 23.5 Å². The summed E-state index contributed by atoms with van der Waals surface area (Å²) in [5.41, 5.74) is -0.253. The summed E-state index contributed by atoms with van der Waals surface area (Å²) in [6.07, 6.45) is 0.905. The molecule has 7 heteroatoms. The fourth-order valence-electron chi connectivity index (χ4n) is 2.81. The largest absolute Gasteiger partial charge is 0.351 e. The standard InChI is InChI=1S/C17H27ClN2O3S/c1-16(2,3)12-17(4,5)20-15(21)10-11-19-24(22,23)14-8-6-13(18)7-9-14/h6-9,19H,10-12H2,1-5H3,(H,20,21). The van der Waals surface area contributed by atoms with Gasteiger partial charge >= 0.3 is 0 Å². The summed E-state index contributed by atoms with van der Waals surface area (Å²) in [6.45, 7) is 10.3. The van der Waals surface area contributed by atoms with Gasteiger partial charge in [0.1, 0.15) is 0 Å². The number of benzene rings is 1. The molecule has 0 spiro atoms. The Morgan fingerprint density at radius 3 is 2.12 bits per heavy atom. The van der Waals surface area contributed by atoms with E-state index in [1.807, 2.05) is 13.8 Å². The predicted octanol–water partition coefficient (Wildman–Crippen LogP) is 3.34. The van der Waals surface area contributed by atoms with Crippen LogP contribution in [-0.4, -0.2) is 26.4 Å². The summed E-state index contributed by atoms with van der Waals surface area (Å²) in [4.78, 5) is 12.2. The van der Waals surface area contributed by atoms with Crippen molar-refractivity contribution in [2.24, 2.45) is 5.41 Å². The fraction of sp³-hybridized carbons (Fsp3) is 0.588. The number of carbonyl (C=O) groups is 1. The van der Waals surface area contributed by atoms with Gasteiger partial charge in [-0.3, -0.25) is 4.79 Å². The molecule has 0 aromatic heterocycles. The Morgan fingerprint density at radius 1 is 1.08 bits per heavy atom. The zero-order chi connectivity index (χ0) is 18.6. The number of hydrogen-bond donors (Lipinski definition) is 2. The van der Waals surface area contributed by atoms with Gasteiger partial charge in [-0.1, -0.05) is 32.4 Å². The molecule has 1 amide bonds. The first-order chi connectivity index (χ1) is 10.8. The maximum Gasteiger partial charge on any atom is 0.240 e. The first-order valence-electron chi connectivity index (χ1n) is 7.87. The van der Waals surface area contributed by atoms with Crippen LogP contribution >= 0.6 is 11.6 Å². The molecule has 0 aliphatic carbocycles. The van der Waals surface area contributed by atoms with Crippen LogP contribution in [0, 0.1) is 5.41 Å². The van der Waals surface area contributed by atoms with E-state index in [4.69, 9.17) is 11.6 Å². The molecule has 0 heterocycles. The highest BCUT2D eigenvalue weighted by molar-refractivity contribution is 7.89. The molecule has 1 aromatic rings. The van der Waals surface area contributed by atoms with E-state index < -0.39 is 10.0 Å². The van der Waals surface area contributed by atoms with Gasteiger partial charge in [-0.15, -0.1) is 0 Å². The molecule has 0 bridgehead atoms. The lowest BCUT2D eigenvalue weighted by molar-refractivity contribution is -0.122. The van der Waals surface area contributed by atoms with E-state index in [0.29, 0.717) is 5.02 Å². The topological polar surface area (TPSA) is 75.3 Å². The number of halogens is 1. The minimum atomic E-state index is -3.63. The molecule has 1 aromatic carbocycles. The summed E-state index contributed by atoms with van der Waals surface area (Å²) in [7, 11) is -3.63. The highest BCUT2D eigenvalue weighted by Gasteiger charge is 2.26. The molecule has 0 saturated carbocycles. The van der Waals surface area contributed by atoms with Crippen molar-refractivity contribution < 1.29 is 13.2 Å². The molecule has 0 atom stereocenters. The van der Waals surface area contributed by atoms with Crippen LogP contribution in [0.15, 0.2) is 29.2 Å². The molecule has 24 heavy (non-hydrogen) atoms. The predicted molar refractivity (Wildman–Crippen MR) is 97.6 cm³/mol. The quantitative estimate of drug-likeness (QED) is 0.768. The van der Waals surface area contributed by atoms with Crippen LogP contribution in [0.1, 0.15) is 47.5 Å². The average Bonchev–Trinajstić information content (AvgIpc) is 2.34. The van der Waals surface area contributed by atoms with Crippen molar-refractivity contribution in [3.63, 3.8) is 0 Å². The Kier molecular flexibility index (Phi) is 6.84. The Balaban J connectivity index is 2.52. The van der Waals surface area contributed by atoms with Gasteiger partial charge in [0.05, 0.1) is 4.90 Å². The van der Waals surface area contributed by atoms with E-state index in [1.165, 1.54) is 24.3 Å². The normalized spacial score (nSPS) is 12.9. The molecule has 136 valence electrons. The Morgan fingerprint density at radius 2 is 1.62 bits per heavy atom. The fourth-order valence-corrected chi connectivity index (χ4v) is 3.96. The lowest BCUT2D eigenvalue weighted by Gasteiger charge is -2.33. The van der Waals surface area contributed by atoms with Crippen molar-refractivity contribution in [1.29, 1.82) is 0 Å². The zero-order valence-electron chi connectivity index (χ0n) is 14.9.